The van der Waals surface area contributed by atoms with Gasteiger partial charge in [0.15, 0.2) is 0 Å². The molecular formula is C22H35N. The van der Waals surface area contributed by atoms with E-state index >= 15 is 0 Å². The number of para-hydroxylation sites is 1. The largest absolute Gasteiger partial charge is 0.360 e. The second-order valence-corrected chi connectivity index (χ2v) is 9.83. The molecule has 2 fully saturated rings. The summed E-state index contributed by atoms with van der Waals surface area (Å²) in [6.07, 6.45) is 3.99. The maximum atomic E-state index is 2.87. The van der Waals surface area contributed by atoms with E-state index in [0.29, 0.717) is 22.8 Å². The van der Waals surface area contributed by atoms with Gasteiger partial charge in [-0.25, -0.2) is 0 Å². The van der Waals surface area contributed by atoms with Crippen molar-refractivity contribution in [3.63, 3.8) is 0 Å². The molecule has 1 spiro atoms. The predicted molar refractivity (Wildman–Crippen MR) is 102 cm³/mol. The molecule has 0 bridgehead atoms. The van der Waals surface area contributed by atoms with Crippen LogP contribution in [0.15, 0.2) is 18.2 Å². The molecule has 0 unspecified atom stereocenters. The molecule has 0 radical (unpaired) electrons. The summed E-state index contributed by atoms with van der Waals surface area (Å²) in [4.78, 5) is 2.87. The zero-order chi connectivity index (χ0) is 17.2. The van der Waals surface area contributed by atoms with Crippen molar-refractivity contribution in [2.75, 3.05) is 4.90 Å². The molecule has 0 amide bonds. The first-order valence-corrected chi connectivity index (χ1v) is 9.47. The minimum Gasteiger partial charge on any atom is -0.360 e. The van der Waals surface area contributed by atoms with Crippen molar-refractivity contribution in [3.05, 3.63) is 29.3 Å². The lowest BCUT2D eigenvalue weighted by Gasteiger charge is -2.43. The zero-order valence-electron chi connectivity index (χ0n) is 16.5. The summed E-state index contributed by atoms with van der Waals surface area (Å²) in [6.45, 7) is 19.3. The molecule has 1 saturated carbocycles. The average molecular weight is 314 g/mol. The van der Waals surface area contributed by atoms with Crippen LogP contribution in [-0.4, -0.2) is 11.1 Å². The predicted octanol–water partition coefficient (Wildman–Crippen LogP) is 6.48. The Hall–Kier alpha value is -0.980. The molecule has 1 aliphatic heterocycles. The van der Waals surface area contributed by atoms with E-state index in [9.17, 15) is 0 Å². The van der Waals surface area contributed by atoms with Gasteiger partial charge < -0.3 is 4.90 Å². The third-order valence-corrected chi connectivity index (χ3v) is 6.46. The molecule has 1 aliphatic carbocycles. The Morgan fingerprint density at radius 1 is 0.870 bits per heavy atom. The van der Waals surface area contributed by atoms with E-state index in [1.54, 1.807) is 5.69 Å². The molecule has 3 rings (SSSR count). The maximum Gasteiger partial charge on any atom is 0.0461 e. The highest BCUT2D eigenvalue weighted by atomic mass is 15.3. The topological polar surface area (TPSA) is 3.24 Å². The van der Waals surface area contributed by atoms with Crippen molar-refractivity contribution in [3.8, 4) is 0 Å². The Bertz CT molecular complexity index is 576. The van der Waals surface area contributed by atoms with E-state index in [2.05, 4.69) is 78.5 Å². The number of benzene rings is 1. The Balaban J connectivity index is 2.25. The lowest BCUT2D eigenvalue weighted by molar-refractivity contribution is 0.302. The fraction of sp³-hybridized carbons (Fsp3) is 0.727. The maximum absolute atomic E-state index is 2.87. The molecule has 1 heteroatoms. The van der Waals surface area contributed by atoms with E-state index < -0.39 is 0 Å². The van der Waals surface area contributed by atoms with Crippen molar-refractivity contribution in [2.45, 2.75) is 97.6 Å². The molecule has 1 heterocycles. The highest BCUT2D eigenvalue weighted by Gasteiger charge is 2.67. The van der Waals surface area contributed by atoms with E-state index in [4.69, 9.17) is 0 Å². The van der Waals surface area contributed by atoms with Crippen LogP contribution in [0.5, 0.6) is 0 Å². The third kappa shape index (κ3) is 2.34. The van der Waals surface area contributed by atoms with Gasteiger partial charge >= 0.3 is 0 Å². The standard InChI is InChI=1S/C22H35N/c1-15(2)17-10-9-11-18(16(3)4)19(17)23-21(7,8)14-20(5,6)22(23)12-13-22/h9-11,15-16H,12-14H2,1-8H3. The summed E-state index contributed by atoms with van der Waals surface area (Å²) in [5.41, 5.74) is 5.64. The smallest absolute Gasteiger partial charge is 0.0461 e. The molecule has 1 saturated heterocycles. The normalized spacial score (nSPS) is 24.0. The second-order valence-electron chi connectivity index (χ2n) is 9.83. The van der Waals surface area contributed by atoms with Gasteiger partial charge in [-0.05, 0) is 61.5 Å². The van der Waals surface area contributed by atoms with Crippen LogP contribution >= 0.6 is 0 Å². The second kappa shape index (κ2) is 5.01. The minimum absolute atomic E-state index is 0.231. The Morgan fingerprint density at radius 3 is 1.74 bits per heavy atom. The SMILES string of the molecule is CC(C)c1cccc(C(C)C)c1N1C(C)(C)CC(C)(C)C12CC2. The highest BCUT2D eigenvalue weighted by Crippen LogP contribution is 2.66. The number of hydrogen-bond donors (Lipinski definition) is 0. The van der Waals surface area contributed by atoms with Crippen molar-refractivity contribution >= 4 is 5.69 Å². The van der Waals surface area contributed by atoms with Gasteiger partial charge in [-0.3, -0.25) is 0 Å². The van der Waals surface area contributed by atoms with Crippen LogP contribution in [0, 0.1) is 5.41 Å². The summed E-state index contributed by atoms with van der Waals surface area (Å²) in [6, 6.07) is 6.99. The van der Waals surface area contributed by atoms with E-state index in [1.165, 1.54) is 30.4 Å². The van der Waals surface area contributed by atoms with Gasteiger partial charge in [-0.1, -0.05) is 59.7 Å². The van der Waals surface area contributed by atoms with Gasteiger partial charge in [-0.15, -0.1) is 0 Å². The van der Waals surface area contributed by atoms with Crippen LogP contribution < -0.4 is 4.90 Å². The summed E-state index contributed by atoms with van der Waals surface area (Å²) in [5, 5.41) is 0. The van der Waals surface area contributed by atoms with E-state index in [1.807, 2.05) is 0 Å². The Morgan fingerprint density at radius 2 is 1.35 bits per heavy atom. The van der Waals surface area contributed by atoms with Crippen LogP contribution in [0.4, 0.5) is 5.69 Å². The number of nitrogens with zero attached hydrogens (tertiary/aromatic N) is 1. The van der Waals surface area contributed by atoms with Gasteiger partial charge in [-0.2, -0.15) is 0 Å². The fourth-order valence-electron chi connectivity index (χ4n) is 5.51. The Kier molecular flexibility index (Phi) is 3.67. The van der Waals surface area contributed by atoms with Gasteiger partial charge in [0, 0.05) is 16.8 Å². The first-order chi connectivity index (χ1) is 10.5. The third-order valence-electron chi connectivity index (χ3n) is 6.46. The molecule has 1 nitrogen and oxygen atoms in total. The number of rotatable bonds is 3. The fourth-order valence-corrected chi connectivity index (χ4v) is 5.51. The summed E-state index contributed by atoms with van der Waals surface area (Å²) >= 11 is 0. The number of hydrogen-bond acceptors (Lipinski definition) is 1. The monoisotopic (exact) mass is 313 g/mol. The van der Waals surface area contributed by atoms with Gasteiger partial charge in [0.1, 0.15) is 0 Å². The van der Waals surface area contributed by atoms with Crippen LogP contribution in [0.3, 0.4) is 0 Å². The van der Waals surface area contributed by atoms with E-state index in [-0.39, 0.29) is 5.54 Å². The molecule has 0 aromatic heterocycles. The first-order valence-electron chi connectivity index (χ1n) is 9.47. The molecule has 1 aromatic rings. The van der Waals surface area contributed by atoms with Crippen LogP contribution in [0.25, 0.3) is 0 Å². The highest BCUT2D eigenvalue weighted by molar-refractivity contribution is 5.68. The quantitative estimate of drug-likeness (QED) is 0.617. The summed E-state index contributed by atoms with van der Waals surface area (Å²) in [5.74, 6) is 1.14. The van der Waals surface area contributed by atoms with E-state index in [0.717, 1.165) is 0 Å². The summed E-state index contributed by atoms with van der Waals surface area (Å²) in [7, 11) is 0. The molecular weight excluding hydrogens is 278 g/mol. The van der Waals surface area contributed by atoms with Crippen LogP contribution in [-0.2, 0) is 0 Å². The summed E-state index contributed by atoms with van der Waals surface area (Å²) < 4.78 is 0. The average Bonchev–Trinajstić information content (AvgIpc) is 3.15. The molecule has 1 aromatic carbocycles. The van der Waals surface area contributed by atoms with Gasteiger partial charge in [0.05, 0.1) is 0 Å². The lowest BCUT2D eigenvalue weighted by atomic mass is 9.79. The number of anilines is 1. The van der Waals surface area contributed by atoms with Crippen molar-refractivity contribution < 1.29 is 0 Å². The Labute approximate surface area is 143 Å². The van der Waals surface area contributed by atoms with Crippen molar-refractivity contribution in [2.24, 2.45) is 5.41 Å². The molecule has 0 N–H and O–H groups in total. The first kappa shape index (κ1) is 16.9. The van der Waals surface area contributed by atoms with Crippen molar-refractivity contribution in [1.29, 1.82) is 0 Å². The van der Waals surface area contributed by atoms with Gasteiger partial charge in [0.2, 0.25) is 0 Å². The lowest BCUT2D eigenvalue weighted by Crippen LogP contribution is -2.47. The van der Waals surface area contributed by atoms with Crippen LogP contribution in [0.2, 0.25) is 0 Å². The molecule has 2 aliphatic rings. The molecule has 128 valence electrons. The minimum atomic E-state index is 0.231. The van der Waals surface area contributed by atoms with Gasteiger partial charge in [0.25, 0.3) is 0 Å². The molecule has 23 heavy (non-hydrogen) atoms. The zero-order valence-corrected chi connectivity index (χ0v) is 16.5. The molecule has 0 atom stereocenters. The van der Waals surface area contributed by atoms with Crippen molar-refractivity contribution in [1.82, 2.24) is 0 Å². The van der Waals surface area contributed by atoms with Crippen LogP contribution in [0.1, 0.15) is 97.6 Å².